The zero-order valence-corrected chi connectivity index (χ0v) is 10.8. The largest absolute Gasteiger partial charge is 0.317 e. The molecule has 1 aliphatic carbocycles. The molecule has 1 aliphatic heterocycles. The summed E-state index contributed by atoms with van der Waals surface area (Å²) >= 11 is 0. The molecule has 1 N–H and O–H groups in total. The minimum absolute atomic E-state index is 0.737. The molecule has 1 saturated heterocycles. The van der Waals surface area contributed by atoms with Gasteiger partial charge in [-0.15, -0.1) is 0 Å². The maximum Gasteiger partial charge on any atom is -0.00436 e. The van der Waals surface area contributed by atoms with E-state index in [2.05, 4.69) is 36.5 Å². The van der Waals surface area contributed by atoms with E-state index in [0.717, 1.165) is 11.3 Å². The summed E-state index contributed by atoms with van der Waals surface area (Å²) in [7, 11) is 0. The first kappa shape index (κ1) is 11.3. The second-order valence-electron chi connectivity index (χ2n) is 6.21. The third-order valence-electron chi connectivity index (χ3n) is 4.75. The Morgan fingerprint density at radius 2 is 1.76 bits per heavy atom. The molecule has 1 heterocycles. The van der Waals surface area contributed by atoms with Crippen LogP contribution in [0.2, 0.25) is 0 Å². The molecule has 1 heteroatoms. The van der Waals surface area contributed by atoms with Crippen LogP contribution < -0.4 is 5.32 Å². The highest BCUT2D eigenvalue weighted by atomic mass is 14.9. The number of piperidine rings is 1. The quantitative estimate of drug-likeness (QED) is 0.820. The summed E-state index contributed by atoms with van der Waals surface area (Å²) < 4.78 is 0. The first-order valence-electron chi connectivity index (χ1n) is 7.02. The van der Waals surface area contributed by atoms with Crippen LogP contribution in [0.5, 0.6) is 0 Å². The lowest BCUT2D eigenvalue weighted by Gasteiger charge is -2.50. The van der Waals surface area contributed by atoms with Crippen LogP contribution in [0.1, 0.15) is 36.8 Å². The van der Waals surface area contributed by atoms with E-state index in [9.17, 15) is 0 Å². The molecule has 0 atom stereocenters. The van der Waals surface area contributed by atoms with Crippen molar-refractivity contribution >= 4 is 0 Å². The minimum atomic E-state index is 0.737. The van der Waals surface area contributed by atoms with Crippen LogP contribution in [0.15, 0.2) is 24.3 Å². The number of nitrogens with one attached hydrogen (secondary N) is 1. The molecule has 3 rings (SSSR count). The summed E-state index contributed by atoms with van der Waals surface area (Å²) in [6.07, 6.45) is 7.08. The average molecular weight is 229 g/mol. The third-order valence-corrected chi connectivity index (χ3v) is 4.75. The van der Waals surface area contributed by atoms with Crippen LogP contribution in [0, 0.1) is 18.3 Å². The molecule has 2 aliphatic rings. The molecule has 0 aromatic heterocycles. The zero-order valence-electron chi connectivity index (χ0n) is 10.8. The normalized spacial score (nSPS) is 23.6. The van der Waals surface area contributed by atoms with Crippen LogP contribution in [0.3, 0.4) is 0 Å². The van der Waals surface area contributed by atoms with Gasteiger partial charge in [-0.2, -0.15) is 0 Å². The summed E-state index contributed by atoms with van der Waals surface area (Å²) in [5.41, 5.74) is 3.64. The summed E-state index contributed by atoms with van der Waals surface area (Å²) in [5, 5.41) is 3.48. The minimum Gasteiger partial charge on any atom is -0.317 e. The van der Waals surface area contributed by atoms with Crippen molar-refractivity contribution in [3.05, 3.63) is 35.4 Å². The van der Waals surface area contributed by atoms with Crippen LogP contribution in [-0.2, 0) is 6.42 Å². The maximum absolute atomic E-state index is 3.48. The molecular weight excluding hydrogens is 206 g/mol. The van der Waals surface area contributed by atoms with Gasteiger partial charge in [-0.05, 0) is 69.0 Å². The highest BCUT2D eigenvalue weighted by Gasteiger charge is 2.43. The van der Waals surface area contributed by atoms with Gasteiger partial charge in [0.1, 0.15) is 0 Å². The van der Waals surface area contributed by atoms with Gasteiger partial charge in [0.15, 0.2) is 0 Å². The van der Waals surface area contributed by atoms with Gasteiger partial charge in [-0.3, -0.25) is 0 Å². The zero-order chi connectivity index (χ0) is 11.7. The van der Waals surface area contributed by atoms with Crippen LogP contribution in [-0.4, -0.2) is 13.1 Å². The molecule has 0 radical (unpaired) electrons. The Morgan fingerprint density at radius 1 is 1.12 bits per heavy atom. The first-order valence-corrected chi connectivity index (χ1v) is 7.02. The predicted octanol–water partition coefficient (Wildman–Crippen LogP) is 3.32. The number of aryl methyl sites for hydroxylation is 1. The molecule has 1 aromatic carbocycles. The summed E-state index contributed by atoms with van der Waals surface area (Å²) in [5.74, 6) is 0.954. The topological polar surface area (TPSA) is 12.0 Å². The molecule has 2 fully saturated rings. The van der Waals surface area contributed by atoms with E-state index in [4.69, 9.17) is 0 Å². The molecule has 17 heavy (non-hydrogen) atoms. The highest BCUT2D eigenvalue weighted by Crippen LogP contribution is 2.52. The van der Waals surface area contributed by atoms with Gasteiger partial charge in [-0.25, -0.2) is 0 Å². The molecule has 1 saturated carbocycles. The number of hydrogen-bond acceptors (Lipinski definition) is 1. The van der Waals surface area contributed by atoms with Crippen molar-refractivity contribution in [1.29, 1.82) is 0 Å². The van der Waals surface area contributed by atoms with Crippen molar-refractivity contribution in [2.24, 2.45) is 11.3 Å². The van der Waals surface area contributed by atoms with Gasteiger partial charge < -0.3 is 5.32 Å². The van der Waals surface area contributed by atoms with Crippen molar-refractivity contribution in [2.45, 2.75) is 39.0 Å². The van der Waals surface area contributed by atoms with E-state index in [1.54, 1.807) is 0 Å². The third kappa shape index (κ3) is 2.40. The Morgan fingerprint density at radius 3 is 2.41 bits per heavy atom. The van der Waals surface area contributed by atoms with E-state index >= 15 is 0 Å². The molecule has 1 aromatic rings. The second-order valence-corrected chi connectivity index (χ2v) is 6.21. The maximum atomic E-state index is 3.48. The fourth-order valence-electron chi connectivity index (χ4n) is 3.73. The molecule has 1 spiro atoms. The van der Waals surface area contributed by atoms with Crippen molar-refractivity contribution < 1.29 is 0 Å². The number of benzene rings is 1. The molecule has 92 valence electrons. The summed E-state index contributed by atoms with van der Waals surface area (Å²) in [4.78, 5) is 0. The molecule has 0 amide bonds. The van der Waals surface area contributed by atoms with Gasteiger partial charge in [0, 0.05) is 0 Å². The Bertz CT molecular complexity index is 365. The average Bonchev–Trinajstić information content (AvgIpc) is 2.31. The first-order chi connectivity index (χ1) is 8.26. The molecule has 1 nitrogen and oxygen atoms in total. The van der Waals surface area contributed by atoms with E-state index in [1.807, 2.05) is 0 Å². The number of hydrogen-bond donors (Lipinski definition) is 1. The molecular formula is C16H23N. The van der Waals surface area contributed by atoms with E-state index in [1.165, 1.54) is 56.3 Å². The molecule has 0 unspecified atom stereocenters. The monoisotopic (exact) mass is 229 g/mol. The van der Waals surface area contributed by atoms with Gasteiger partial charge >= 0.3 is 0 Å². The lowest BCUT2D eigenvalue weighted by atomic mass is 9.56. The van der Waals surface area contributed by atoms with Crippen LogP contribution >= 0.6 is 0 Å². The van der Waals surface area contributed by atoms with Gasteiger partial charge in [-0.1, -0.05) is 29.8 Å². The van der Waals surface area contributed by atoms with Crippen molar-refractivity contribution in [3.8, 4) is 0 Å². The Labute approximate surface area is 105 Å². The smallest absolute Gasteiger partial charge is 0.00436 e. The van der Waals surface area contributed by atoms with Crippen LogP contribution in [0.4, 0.5) is 0 Å². The van der Waals surface area contributed by atoms with Crippen LogP contribution in [0.25, 0.3) is 0 Å². The SMILES string of the molecule is Cc1ccc(CC2CC3(CCNCC3)C2)cc1. The van der Waals surface area contributed by atoms with Crippen molar-refractivity contribution in [1.82, 2.24) is 5.32 Å². The van der Waals surface area contributed by atoms with Gasteiger partial charge in [0.2, 0.25) is 0 Å². The Balaban J connectivity index is 1.54. The summed E-state index contributed by atoms with van der Waals surface area (Å²) in [6, 6.07) is 9.11. The van der Waals surface area contributed by atoms with Crippen molar-refractivity contribution in [3.63, 3.8) is 0 Å². The fraction of sp³-hybridized carbons (Fsp3) is 0.625. The lowest BCUT2D eigenvalue weighted by molar-refractivity contribution is 0.0221. The van der Waals surface area contributed by atoms with E-state index in [-0.39, 0.29) is 0 Å². The Kier molecular flexibility index (Phi) is 2.96. The second kappa shape index (κ2) is 4.45. The van der Waals surface area contributed by atoms with Crippen molar-refractivity contribution in [2.75, 3.05) is 13.1 Å². The Hall–Kier alpha value is -0.820. The van der Waals surface area contributed by atoms with Gasteiger partial charge in [0.05, 0.1) is 0 Å². The fourth-order valence-corrected chi connectivity index (χ4v) is 3.73. The predicted molar refractivity (Wildman–Crippen MR) is 72.1 cm³/mol. The standard InChI is InChI=1S/C16H23N/c1-13-2-4-14(5-3-13)10-15-11-16(12-15)6-8-17-9-7-16/h2-5,15,17H,6-12H2,1H3. The molecule has 0 bridgehead atoms. The van der Waals surface area contributed by atoms with Gasteiger partial charge in [0.25, 0.3) is 0 Å². The van der Waals surface area contributed by atoms with E-state index < -0.39 is 0 Å². The highest BCUT2D eigenvalue weighted by molar-refractivity contribution is 5.22. The number of rotatable bonds is 2. The summed E-state index contributed by atoms with van der Waals surface area (Å²) in [6.45, 7) is 4.66. The van der Waals surface area contributed by atoms with E-state index in [0.29, 0.717) is 0 Å². The lowest BCUT2D eigenvalue weighted by Crippen LogP contribution is -2.45.